The Bertz CT molecular complexity index is 1350. The molecule has 5 rings (SSSR count). The zero-order chi connectivity index (χ0) is 27.5. The molecule has 2 heterocycles. The predicted molar refractivity (Wildman–Crippen MR) is 150 cm³/mol. The molecule has 2 unspecified atom stereocenters. The molecule has 0 radical (unpaired) electrons. The number of hydrogen-bond donors (Lipinski definition) is 1. The molecule has 0 bridgehead atoms. The molecule has 8 nitrogen and oxygen atoms in total. The Morgan fingerprint density at radius 1 is 0.974 bits per heavy atom. The number of aryl methyl sites for hydroxylation is 1. The fourth-order valence-corrected chi connectivity index (χ4v) is 5.08. The summed E-state index contributed by atoms with van der Waals surface area (Å²) >= 11 is 6.01. The summed E-state index contributed by atoms with van der Waals surface area (Å²) in [5, 5.41) is 3.33. The third-order valence-electron chi connectivity index (χ3n) is 7.21. The Morgan fingerprint density at radius 2 is 1.67 bits per heavy atom. The second-order valence-electron chi connectivity index (χ2n) is 10.1. The summed E-state index contributed by atoms with van der Waals surface area (Å²) in [7, 11) is 2.03. The molecule has 0 aliphatic carbocycles. The van der Waals surface area contributed by atoms with Crippen LogP contribution in [0, 0.1) is 6.92 Å². The summed E-state index contributed by atoms with van der Waals surface area (Å²) in [4.78, 5) is 45.1. The highest BCUT2D eigenvalue weighted by molar-refractivity contribution is 6.31. The van der Waals surface area contributed by atoms with Crippen molar-refractivity contribution >= 4 is 35.2 Å². The van der Waals surface area contributed by atoms with Gasteiger partial charge in [-0.1, -0.05) is 59.6 Å². The number of likely N-dealkylation sites (N-methyl/N-ethyl adjacent to an activating group) is 1. The molecule has 2 fully saturated rings. The molecular formula is C30H31ClN4O4. The molecule has 0 saturated carbocycles. The van der Waals surface area contributed by atoms with E-state index in [0.29, 0.717) is 34.9 Å². The van der Waals surface area contributed by atoms with Crippen molar-refractivity contribution in [2.24, 2.45) is 0 Å². The van der Waals surface area contributed by atoms with E-state index in [2.05, 4.69) is 10.2 Å². The van der Waals surface area contributed by atoms with Crippen molar-refractivity contribution in [3.05, 3.63) is 100 Å². The number of nitrogens with zero attached hydrogens (tertiary/aromatic N) is 3. The highest BCUT2D eigenvalue weighted by Crippen LogP contribution is 2.35. The lowest BCUT2D eigenvalue weighted by Crippen LogP contribution is -2.54. The van der Waals surface area contributed by atoms with Crippen LogP contribution in [0.25, 0.3) is 0 Å². The summed E-state index contributed by atoms with van der Waals surface area (Å²) in [5.74, 6) is -0.408. The van der Waals surface area contributed by atoms with Crippen molar-refractivity contribution in [1.82, 2.24) is 14.7 Å². The van der Waals surface area contributed by atoms with Crippen LogP contribution >= 0.6 is 11.6 Å². The van der Waals surface area contributed by atoms with Crippen molar-refractivity contribution < 1.29 is 19.1 Å². The fourth-order valence-electron chi connectivity index (χ4n) is 4.89. The molecular weight excluding hydrogens is 516 g/mol. The lowest BCUT2D eigenvalue weighted by atomic mass is 9.99. The van der Waals surface area contributed by atoms with Gasteiger partial charge in [0, 0.05) is 42.5 Å². The molecule has 2 saturated heterocycles. The van der Waals surface area contributed by atoms with E-state index in [1.807, 2.05) is 43.1 Å². The van der Waals surface area contributed by atoms with Crippen LogP contribution in [0.3, 0.4) is 0 Å². The first kappa shape index (κ1) is 26.7. The molecule has 3 aromatic carbocycles. The maximum atomic E-state index is 13.9. The largest absolute Gasteiger partial charge is 0.438 e. The van der Waals surface area contributed by atoms with E-state index in [-0.39, 0.29) is 18.4 Å². The van der Waals surface area contributed by atoms with Gasteiger partial charge in [-0.05, 0) is 55.4 Å². The Morgan fingerprint density at radius 3 is 2.33 bits per heavy atom. The van der Waals surface area contributed by atoms with E-state index in [9.17, 15) is 14.4 Å². The van der Waals surface area contributed by atoms with Crippen molar-refractivity contribution in [1.29, 1.82) is 0 Å². The fraction of sp³-hybridized carbons (Fsp3) is 0.300. The lowest BCUT2D eigenvalue weighted by molar-refractivity contribution is -0.138. The number of benzene rings is 3. The molecule has 9 heteroatoms. The van der Waals surface area contributed by atoms with Crippen molar-refractivity contribution in [3.63, 3.8) is 0 Å². The first-order valence-electron chi connectivity index (χ1n) is 13.0. The van der Waals surface area contributed by atoms with Crippen LogP contribution in [-0.2, 0) is 16.1 Å². The highest BCUT2D eigenvalue weighted by Gasteiger charge is 2.48. The minimum Gasteiger partial charge on any atom is -0.438 e. The van der Waals surface area contributed by atoms with Gasteiger partial charge in [0.15, 0.2) is 12.1 Å². The smallest absolute Gasteiger partial charge is 0.411 e. The Balaban J connectivity index is 1.38. The SMILES string of the molecule is Cc1ccc(CN2C(=O)OC(c3ccc(NC(=O)c4cccc(Cl)c4)cc3)C2C(=O)N2CCN(C)CC2)cc1. The van der Waals surface area contributed by atoms with E-state index in [1.165, 1.54) is 4.90 Å². The minimum atomic E-state index is -0.797. The summed E-state index contributed by atoms with van der Waals surface area (Å²) in [5.41, 5.74) is 3.75. The van der Waals surface area contributed by atoms with Crippen LogP contribution in [0.5, 0.6) is 0 Å². The molecule has 1 N–H and O–H groups in total. The van der Waals surface area contributed by atoms with E-state index >= 15 is 0 Å². The molecule has 0 aromatic heterocycles. The van der Waals surface area contributed by atoms with E-state index in [4.69, 9.17) is 16.3 Å². The average molecular weight is 547 g/mol. The number of rotatable bonds is 6. The molecule has 3 aromatic rings. The summed E-state index contributed by atoms with van der Waals surface area (Å²) in [6, 6.07) is 20.9. The van der Waals surface area contributed by atoms with Crippen LogP contribution in [0.4, 0.5) is 10.5 Å². The summed E-state index contributed by atoms with van der Waals surface area (Å²) in [6.07, 6.45) is -1.29. The normalized spacial score (nSPS) is 19.6. The number of anilines is 1. The second kappa shape index (κ2) is 11.5. The van der Waals surface area contributed by atoms with Crippen LogP contribution in [0.1, 0.15) is 33.2 Å². The van der Waals surface area contributed by atoms with E-state index in [1.54, 1.807) is 48.5 Å². The van der Waals surface area contributed by atoms with Crippen molar-refractivity contribution in [2.45, 2.75) is 25.6 Å². The van der Waals surface area contributed by atoms with E-state index < -0.39 is 18.2 Å². The number of piperazine rings is 1. The first-order chi connectivity index (χ1) is 18.8. The number of hydrogen-bond acceptors (Lipinski definition) is 5. The minimum absolute atomic E-state index is 0.121. The van der Waals surface area contributed by atoms with Crippen LogP contribution in [0.2, 0.25) is 5.02 Å². The van der Waals surface area contributed by atoms with Gasteiger partial charge in [-0.2, -0.15) is 0 Å². The topological polar surface area (TPSA) is 82.2 Å². The second-order valence-corrected chi connectivity index (χ2v) is 10.5. The molecule has 2 aliphatic heterocycles. The van der Waals surface area contributed by atoms with Gasteiger partial charge >= 0.3 is 6.09 Å². The quantitative estimate of drug-likeness (QED) is 0.483. The monoisotopic (exact) mass is 546 g/mol. The lowest BCUT2D eigenvalue weighted by Gasteiger charge is -2.36. The first-order valence-corrected chi connectivity index (χ1v) is 13.3. The number of carbonyl (C=O) groups excluding carboxylic acids is 3. The molecule has 0 spiro atoms. The number of amides is 3. The maximum Gasteiger partial charge on any atom is 0.411 e. The third kappa shape index (κ3) is 6.08. The number of halogens is 1. The van der Waals surface area contributed by atoms with Gasteiger partial charge in [0.25, 0.3) is 5.91 Å². The van der Waals surface area contributed by atoms with Gasteiger partial charge in [-0.3, -0.25) is 14.5 Å². The van der Waals surface area contributed by atoms with Gasteiger partial charge < -0.3 is 19.9 Å². The van der Waals surface area contributed by atoms with Gasteiger partial charge in [0.05, 0.1) is 6.54 Å². The Labute approximate surface area is 233 Å². The Kier molecular flexibility index (Phi) is 7.86. The molecule has 3 amide bonds. The van der Waals surface area contributed by atoms with Gasteiger partial charge in [-0.15, -0.1) is 0 Å². The maximum absolute atomic E-state index is 13.9. The van der Waals surface area contributed by atoms with Crippen LogP contribution < -0.4 is 5.32 Å². The summed E-state index contributed by atoms with van der Waals surface area (Å²) < 4.78 is 5.83. The average Bonchev–Trinajstić information content (AvgIpc) is 3.26. The van der Waals surface area contributed by atoms with Crippen LogP contribution in [-0.4, -0.2) is 71.9 Å². The number of carbonyl (C=O) groups is 3. The highest BCUT2D eigenvalue weighted by atomic mass is 35.5. The van der Waals surface area contributed by atoms with Crippen molar-refractivity contribution in [2.75, 3.05) is 38.5 Å². The van der Waals surface area contributed by atoms with Gasteiger partial charge in [0.1, 0.15) is 0 Å². The Hall–Kier alpha value is -3.88. The molecule has 39 heavy (non-hydrogen) atoms. The number of cyclic esters (lactones) is 1. The number of ether oxygens (including phenoxy) is 1. The van der Waals surface area contributed by atoms with Gasteiger partial charge in [0.2, 0.25) is 5.91 Å². The van der Waals surface area contributed by atoms with Crippen molar-refractivity contribution in [3.8, 4) is 0 Å². The molecule has 2 aliphatic rings. The van der Waals surface area contributed by atoms with Crippen LogP contribution in [0.15, 0.2) is 72.8 Å². The predicted octanol–water partition coefficient (Wildman–Crippen LogP) is 4.74. The van der Waals surface area contributed by atoms with E-state index in [0.717, 1.165) is 24.2 Å². The third-order valence-corrected chi connectivity index (χ3v) is 7.45. The summed E-state index contributed by atoms with van der Waals surface area (Å²) in [6.45, 7) is 5.02. The zero-order valence-electron chi connectivity index (χ0n) is 22.0. The standard InChI is InChI=1S/C30H31ClN4O4/c1-20-6-8-21(9-7-20)19-35-26(29(37)34-16-14-33(2)15-17-34)27(39-30(35)38)22-10-12-25(13-11-22)32-28(36)23-4-3-5-24(31)18-23/h3-13,18,26-27H,14-17,19H2,1-2H3,(H,32,36). The molecule has 2 atom stereocenters. The number of nitrogens with one attached hydrogen (secondary N) is 1. The zero-order valence-corrected chi connectivity index (χ0v) is 22.7. The molecule has 202 valence electrons. The van der Waals surface area contributed by atoms with Gasteiger partial charge in [-0.25, -0.2) is 4.79 Å².